The number of nitrogens with zero attached hydrogens (tertiary/aromatic N) is 2. The van der Waals surface area contributed by atoms with Gasteiger partial charge in [-0.15, -0.1) is 0 Å². The number of pyridine rings is 1. The number of benzene rings is 1. The largest absolute Gasteiger partial charge is 0.355 e. The molecule has 1 aliphatic heterocycles. The highest BCUT2D eigenvalue weighted by Crippen LogP contribution is 2.25. The van der Waals surface area contributed by atoms with E-state index in [-0.39, 0.29) is 49.5 Å². The maximum atomic E-state index is 13.0. The summed E-state index contributed by atoms with van der Waals surface area (Å²) in [6.45, 7) is 0.839. The molecule has 7 nitrogen and oxygen atoms in total. The lowest BCUT2D eigenvalue weighted by Gasteiger charge is -2.16. The van der Waals surface area contributed by atoms with Crippen LogP contribution in [0.1, 0.15) is 18.4 Å². The van der Waals surface area contributed by atoms with Crippen molar-refractivity contribution in [3.8, 4) is 0 Å². The molecular formula is C20H21FN4O3. The van der Waals surface area contributed by atoms with Gasteiger partial charge in [0.2, 0.25) is 17.7 Å². The Morgan fingerprint density at radius 2 is 1.82 bits per heavy atom. The molecular weight excluding hydrogens is 363 g/mol. The molecule has 2 aromatic rings. The van der Waals surface area contributed by atoms with Gasteiger partial charge in [0.15, 0.2) is 0 Å². The van der Waals surface area contributed by atoms with E-state index in [0.29, 0.717) is 12.2 Å². The van der Waals surface area contributed by atoms with Crippen LogP contribution in [0.5, 0.6) is 0 Å². The number of hydrogen-bond acceptors (Lipinski definition) is 4. The van der Waals surface area contributed by atoms with Gasteiger partial charge in [0.1, 0.15) is 5.82 Å². The van der Waals surface area contributed by atoms with Gasteiger partial charge < -0.3 is 15.5 Å². The first kappa shape index (κ1) is 19.5. The smallest absolute Gasteiger partial charge is 0.227 e. The first-order valence-electron chi connectivity index (χ1n) is 9.02. The average molecular weight is 384 g/mol. The Hall–Kier alpha value is -3.29. The molecule has 1 fully saturated rings. The minimum Gasteiger partial charge on any atom is -0.355 e. The molecule has 1 atom stereocenters. The predicted molar refractivity (Wildman–Crippen MR) is 101 cm³/mol. The summed E-state index contributed by atoms with van der Waals surface area (Å²) in [7, 11) is 0. The summed E-state index contributed by atoms with van der Waals surface area (Å²) in [4.78, 5) is 41.7. The van der Waals surface area contributed by atoms with Crippen LogP contribution in [-0.4, -0.2) is 35.8 Å². The van der Waals surface area contributed by atoms with Crippen molar-refractivity contribution in [3.05, 3.63) is 60.2 Å². The Labute approximate surface area is 161 Å². The van der Waals surface area contributed by atoms with E-state index < -0.39 is 5.92 Å². The van der Waals surface area contributed by atoms with Gasteiger partial charge in [0, 0.05) is 50.6 Å². The van der Waals surface area contributed by atoms with Crippen LogP contribution < -0.4 is 15.5 Å². The molecule has 1 aromatic carbocycles. The van der Waals surface area contributed by atoms with Gasteiger partial charge in [-0.3, -0.25) is 19.4 Å². The Morgan fingerprint density at radius 1 is 1.11 bits per heavy atom. The van der Waals surface area contributed by atoms with Gasteiger partial charge in [0.25, 0.3) is 0 Å². The molecule has 8 heteroatoms. The number of anilines is 1. The van der Waals surface area contributed by atoms with Crippen LogP contribution in [0.2, 0.25) is 0 Å². The highest BCUT2D eigenvalue weighted by atomic mass is 19.1. The van der Waals surface area contributed by atoms with E-state index >= 15 is 0 Å². The van der Waals surface area contributed by atoms with Crippen molar-refractivity contribution in [1.82, 2.24) is 15.6 Å². The van der Waals surface area contributed by atoms with E-state index in [9.17, 15) is 18.8 Å². The van der Waals surface area contributed by atoms with Gasteiger partial charge in [-0.05, 0) is 42.0 Å². The second-order valence-corrected chi connectivity index (χ2v) is 6.56. The van der Waals surface area contributed by atoms with Crippen LogP contribution in [0.4, 0.5) is 10.1 Å². The number of carbonyl (C=O) groups is 3. The quantitative estimate of drug-likeness (QED) is 0.755. The zero-order valence-corrected chi connectivity index (χ0v) is 15.2. The molecule has 2 heterocycles. The normalized spacial score (nSPS) is 16.1. The lowest BCUT2D eigenvalue weighted by Crippen LogP contribution is -2.35. The lowest BCUT2D eigenvalue weighted by molar-refractivity contribution is -0.126. The fourth-order valence-corrected chi connectivity index (χ4v) is 2.99. The fourth-order valence-electron chi connectivity index (χ4n) is 2.99. The minimum atomic E-state index is -0.488. The fraction of sp³-hybridized carbons (Fsp3) is 0.300. The number of halogens is 1. The van der Waals surface area contributed by atoms with Crippen molar-refractivity contribution in [2.45, 2.75) is 19.4 Å². The SMILES string of the molecule is O=C(CCNC(=O)[C@H]1CC(=O)N(c2ccc(F)cc2)C1)NCc1ccncc1. The highest BCUT2D eigenvalue weighted by Gasteiger charge is 2.34. The average Bonchev–Trinajstić information content (AvgIpc) is 3.09. The zero-order valence-electron chi connectivity index (χ0n) is 15.2. The zero-order chi connectivity index (χ0) is 19.9. The van der Waals surface area contributed by atoms with E-state index in [0.717, 1.165) is 5.56 Å². The summed E-state index contributed by atoms with van der Waals surface area (Å²) < 4.78 is 13.0. The van der Waals surface area contributed by atoms with Crippen LogP contribution in [0.3, 0.4) is 0 Å². The molecule has 1 saturated heterocycles. The number of carbonyl (C=O) groups excluding carboxylic acids is 3. The van der Waals surface area contributed by atoms with Crippen LogP contribution in [0.25, 0.3) is 0 Å². The number of hydrogen-bond donors (Lipinski definition) is 2. The van der Waals surface area contributed by atoms with E-state index in [4.69, 9.17) is 0 Å². The van der Waals surface area contributed by atoms with Gasteiger partial charge in [0.05, 0.1) is 5.92 Å². The van der Waals surface area contributed by atoms with Crippen LogP contribution in [0, 0.1) is 11.7 Å². The maximum Gasteiger partial charge on any atom is 0.227 e. The lowest BCUT2D eigenvalue weighted by atomic mass is 10.1. The van der Waals surface area contributed by atoms with Gasteiger partial charge in [-0.25, -0.2) is 4.39 Å². The molecule has 28 heavy (non-hydrogen) atoms. The molecule has 0 saturated carbocycles. The Bertz CT molecular complexity index is 842. The number of nitrogens with one attached hydrogen (secondary N) is 2. The molecule has 0 aliphatic carbocycles. The summed E-state index contributed by atoms with van der Waals surface area (Å²) in [5.41, 5.74) is 1.51. The van der Waals surface area contributed by atoms with Crippen molar-refractivity contribution in [3.63, 3.8) is 0 Å². The first-order chi connectivity index (χ1) is 13.5. The third-order valence-corrected chi connectivity index (χ3v) is 4.52. The third-order valence-electron chi connectivity index (χ3n) is 4.52. The molecule has 0 bridgehead atoms. The number of aromatic nitrogens is 1. The Kier molecular flexibility index (Phi) is 6.31. The standard InChI is InChI=1S/C20H21FN4O3/c21-16-1-3-17(4-2-16)25-13-15(11-19(25)27)20(28)23-10-7-18(26)24-12-14-5-8-22-9-6-14/h1-6,8-9,15H,7,10-13H2,(H,23,28)(H,24,26)/t15-/m0/s1. The molecule has 0 radical (unpaired) electrons. The van der Waals surface area contributed by atoms with Crippen molar-refractivity contribution >= 4 is 23.4 Å². The maximum absolute atomic E-state index is 13.0. The van der Waals surface area contributed by atoms with E-state index in [2.05, 4.69) is 15.6 Å². The Balaban J connectivity index is 1.41. The van der Waals surface area contributed by atoms with E-state index in [1.165, 1.54) is 29.2 Å². The second kappa shape index (κ2) is 9.07. The van der Waals surface area contributed by atoms with Crippen molar-refractivity contribution in [2.24, 2.45) is 5.92 Å². The van der Waals surface area contributed by atoms with Crippen LogP contribution >= 0.6 is 0 Å². The third kappa shape index (κ3) is 5.12. The molecule has 1 aromatic heterocycles. The molecule has 0 unspecified atom stereocenters. The number of amides is 3. The van der Waals surface area contributed by atoms with Crippen molar-refractivity contribution in [2.75, 3.05) is 18.0 Å². The molecule has 2 N–H and O–H groups in total. The monoisotopic (exact) mass is 384 g/mol. The molecule has 146 valence electrons. The van der Waals surface area contributed by atoms with Crippen molar-refractivity contribution < 1.29 is 18.8 Å². The van der Waals surface area contributed by atoms with Gasteiger partial charge in [-0.1, -0.05) is 0 Å². The molecule has 1 aliphatic rings. The molecule has 3 rings (SSSR count). The van der Waals surface area contributed by atoms with Crippen LogP contribution in [0.15, 0.2) is 48.8 Å². The summed E-state index contributed by atoms with van der Waals surface area (Å²) in [5, 5.41) is 5.48. The highest BCUT2D eigenvalue weighted by molar-refractivity contribution is 6.00. The van der Waals surface area contributed by atoms with Crippen molar-refractivity contribution in [1.29, 1.82) is 0 Å². The van der Waals surface area contributed by atoms with E-state index in [1.54, 1.807) is 12.4 Å². The summed E-state index contributed by atoms with van der Waals surface area (Å²) >= 11 is 0. The summed E-state index contributed by atoms with van der Waals surface area (Å²) in [6.07, 6.45) is 3.55. The number of rotatable bonds is 7. The van der Waals surface area contributed by atoms with Crippen LogP contribution in [-0.2, 0) is 20.9 Å². The summed E-state index contributed by atoms with van der Waals surface area (Å²) in [6, 6.07) is 9.21. The summed E-state index contributed by atoms with van der Waals surface area (Å²) in [5.74, 6) is -1.49. The second-order valence-electron chi connectivity index (χ2n) is 6.56. The van der Waals surface area contributed by atoms with Gasteiger partial charge in [-0.2, -0.15) is 0 Å². The first-order valence-corrected chi connectivity index (χ1v) is 9.02. The minimum absolute atomic E-state index is 0.0947. The predicted octanol–water partition coefficient (Wildman–Crippen LogP) is 1.40. The van der Waals surface area contributed by atoms with Gasteiger partial charge >= 0.3 is 0 Å². The molecule has 3 amide bonds. The molecule has 0 spiro atoms. The topological polar surface area (TPSA) is 91.4 Å². The Morgan fingerprint density at radius 3 is 2.54 bits per heavy atom. The van der Waals surface area contributed by atoms with E-state index in [1.807, 2.05) is 12.1 Å².